The zero-order valence-corrected chi connectivity index (χ0v) is 18.7. The molecule has 0 saturated heterocycles. The molecule has 0 bridgehead atoms. The van der Waals surface area contributed by atoms with Crippen LogP contribution in [0.2, 0.25) is 0 Å². The third-order valence-electron chi connectivity index (χ3n) is 4.50. The topological polar surface area (TPSA) is 186 Å². The summed E-state index contributed by atoms with van der Waals surface area (Å²) in [7, 11) is 0. The molecule has 0 aromatic heterocycles. The van der Waals surface area contributed by atoms with Crippen LogP contribution in [0.5, 0.6) is 5.75 Å². The van der Waals surface area contributed by atoms with Gasteiger partial charge in [0.05, 0.1) is 17.7 Å². The monoisotopic (exact) mass is 470 g/mol. The summed E-state index contributed by atoms with van der Waals surface area (Å²) in [5.41, 5.74) is 11.3. The molecule has 2 aromatic rings. The number of aliphatic carboxylic acids is 2. The van der Waals surface area contributed by atoms with Gasteiger partial charge in [-0.25, -0.2) is 14.6 Å². The van der Waals surface area contributed by atoms with Gasteiger partial charge in [0.1, 0.15) is 11.8 Å². The molecule has 34 heavy (non-hydrogen) atoms. The van der Waals surface area contributed by atoms with Gasteiger partial charge < -0.3 is 31.3 Å². The third kappa shape index (κ3) is 7.33. The summed E-state index contributed by atoms with van der Waals surface area (Å²) in [5, 5.41) is 18.6. The van der Waals surface area contributed by atoms with Gasteiger partial charge in [-0.1, -0.05) is 19.9 Å². The highest BCUT2D eigenvalue weighted by Crippen LogP contribution is 2.20. The van der Waals surface area contributed by atoms with Gasteiger partial charge in [-0.05, 0) is 48.4 Å². The number of hydrogen-bond acceptors (Lipinski definition) is 6. The van der Waals surface area contributed by atoms with E-state index < -0.39 is 36.3 Å². The summed E-state index contributed by atoms with van der Waals surface area (Å²) in [5.74, 6) is -4.36. The SMILES string of the molecule is CC(C)CN(C(=O)c1cccc(OC(=O)c2ccc(N=C(N)N)cc2)c1)[C@@H](CC(=O)O)C(=O)O. The van der Waals surface area contributed by atoms with E-state index in [9.17, 15) is 24.3 Å². The van der Waals surface area contributed by atoms with Crippen LogP contribution in [0.25, 0.3) is 0 Å². The van der Waals surface area contributed by atoms with E-state index in [2.05, 4.69) is 4.99 Å². The van der Waals surface area contributed by atoms with Crippen molar-refractivity contribution >= 4 is 35.5 Å². The van der Waals surface area contributed by atoms with Crippen molar-refractivity contribution in [2.75, 3.05) is 6.54 Å². The Morgan fingerprint density at radius 1 is 1.00 bits per heavy atom. The number of benzene rings is 2. The first-order chi connectivity index (χ1) is 16.0. The fourth-order valence-electron chi connectivity index (χ4n) is 3.09. The molecule has 2 rings (SSSR count). The Labute approximate surface area is 195 Å². The van der Waals surface area contributed by atoms with Crippen LogP contribution in [0.3, 0.4) is 0 Å². The van der Waals surface area contributed by atoms with Crippen LogP contribution in [0.4, 0.5) is 5.69 Å². The van der Waals surface area contributed by atoms with Crippen LogP contribution in [0, 0.1) is 5.92 Å². The van der Waals surface area contributed by atoms with Gasteiger partial charge in [0.15, 0.2) is 5.96 Å². The first kappa shape index (κ1) is 25.8. The average molecular weight is 470 g/mol. The molecule has 0 aliphatic carbocycles. The van der Waals surface area contributed by atoms with Crippen molar-refractivity contribution in [2.45, 2.75) is 26.3 Å². The van der Waals surface area contributed by atoms with E-state index >= 15 is 0 Å². The maximum absolute atomic E-state index is 13.1. The number of carbonyl (C=O) groups is 4. The molecule has 11 nitrogen and oxygen atoms in total. The summed E-state index contributed by atoms with van der Waals surface area (Å²) in [6.07, 6.45) is -0.752. The molecule has 6 N–H and O–H groups in total. The van der Waals surface area contributed by atoms with Crippen LogP contribution >= 0.6 is 0 Å². The Morgan fingerprint density at radius 3 is 2.18 bits per heavy atom. The molecule has 11 heteroatoms. The highest BCUT2D eigenvalue weighted by Gasteiger charge is 2.33. The van der Waals surface area contributed by atoms with Crippen LogP contribution in [-0.4, -0.2) is 57.5 Å². The number of carboxylic acids is 2. The minimum Gasteiger partial charge on any atom is -0.481 e. The van der Waals surface area contributed by atoms with Gasteiger partial charge in [0, 0.05) is 12.1 Å². The number of carboxylic acid groups (broad SMARTS) is 2. The first-order valence-electron chi connectivity index (χ1n) is 10.3. The molecule has 2 aromatic carbocycles. The average Bonchev–Trinajstić information content (AvgIpc) is 2.75. The Hall–Kier alpha value is -4.41. The molecule has 0 aliphatic rings. The van der Waals surface area contributed by atoms with E-state index in [-0.39, 0.29) is 35.3 Å². The lowest BCUT2D eigenvalue weighted by atomic mass is 10.1. The highest BCUT2D eigenvalue weighted by molar-refractivity contribution is 5.98. The number of esters is 1. The Morgan fingerprint density at radius 2 is 1.65 bits per heavy atom. The Kier molecular flexibility index (Phi) is 8.71. The quantitative estimate of drug-likeness (QED) is 0.174. The zero-order valence-electron chi connectivity index (χ0n) is 18.7. The molecule has 0 saturated carbocycles. The third-order valence-corrected chi connectivity index (χ3v) is 4.50. The number of rotatable bonds is 10. The van der Waals surface area contributed by atoms with E-state index in [1.54, 1.807) is 13.8 Å². The van der Waals surface area contributed by atoms with Crippen molar-refractivity contribution in [3.8, 4) is 5.75 Å². The highest BCUT2D eigenvalue weighted by atomic mass is 16.5. The largest absolute Gasteiger partial charge is 0.481 e. The van der Waals surface area contributed by atoms with Gasteiger partial charge in [-0.3, -0.25) is 9.59 Å². The molecular weight excluding hydrogens is 444 g/mol. The van der Waals surface area contributed by atoms with Gasteiger partial charge in [-0.15, -0.1) is 0 Å². The van der Waals surface area contributed by atoms with Crippen molar-refractivity contribution in [3.05, 3.63) is 59.7 Å². The minimum atomic E-state index is -1.55. The van der Waals surface area contributed by atoms with E-state index in [0.29, 0.717) is 5.69 Å². The number of carbonyl (C=O) groups excluding carboxylic acids is 2. The van der Waals surface area contributed by atoms with Gasteiger partial charge >= 0.3 is 17.9 Å². The number of amides is 1. The Bertz CT molecular complexity index is 1090. The van der Waals surface area contributed by atoms with Crippen molar-refractivity contribution in [3.63, 3.8) is 0 Å². The maximum Gasteiger partial charge on any atom is 0.343 e. The standard InChI is InChI=1S/C23H26N4O7/c1-13(2)12-27(18(21(31)32)11-19(28)29)20(30)15-4-3-5-17(10-15)34-22(33)14-6-8-16(9-7-14)26-23(24)25/h3-10,13,18H,11-12H2,1-2H3,(H,28,29)(H,31,32)(H4,24,25,26)/t18-/m0/s1. The fraction of sp³-hybridized carbons (Fsp3) is 0.261. The number of ether oxygens (including phenoxy) is 1. The van der Waals surface area contributed by atoms with Crippen LogP contribution < -0.4 is 16.2 Å². The fourth-order valence-corrected chi connectivity index (χ4v) is 3.09. The number of nitrogens with zero attached hydrogens (tertiary/aromatic N) is 2. The summed E-state index contributed by atoms with van der Waals surface area (Å²) >= 11 is 0. The Balaban J connectivity index is 2.26. The summed E-state index contributed by atoms with van der Waals surface area (Å²) in [6.45, 7) is 3.57. The van der Waals surface area contributed by atoms with Gasteiger partial charge in [0.25, 0.3) is 5.91 Å². The molecule has 0 spiro atoms. The maximum atomic E-state index is 13.1. The normalized spacial score (nSPS) is 11.4. The summed E-state index contributed by atoms with van der Waals surface area (Å²) < 4.78 is 5.34. The lowest BCUT2D eigenvalue weighted by Gasteiger charge is -2.30. The van der Waals surface area contributed by atoms with E-state index in [4.69, 9.17) is 21.3 Å². The summed E-state index contributed by atoms with van der Waals surface area (Å²) in [6, 6.07) is 10.1. The molecule has 0 radical (unpaired) electrons. The molecular formula is C23H26N4O7. The second-order valence-corrected chi connectivity index (χ2v) is 7.80. The molecule has 0 heterocycles. The zero-order chi connectivity index (χ0) is 25.4. The second-order valence-electron chi connectivity index (χ2n) is 7.80. The predicted molar refractivity (Wildman–Crippen MR) is 123 cm³/mol. The molecule has 0 aliphatic heterocycles. The lowest BCUT2D eigenvalue weighted by molar-refractivity contribution is -0.148. The van der Waals surface area contributed by atoms with Crippen LogP contribution in [-0.2, 0) is 9.59 Å². The van der Waals surface area contributed by atoms with Crippen LogP contribution in [0.1, 0.15) is 41.0 Å². The number of nitrogens with two attached hydrogens (primary N) is 2. The number of guanidine groups is 1. The predicted octanol–water partition coefficient (Wildman–Crippen LogP) is 1.84. The smallest absolute Gasteiger partial charge is 0.343 e. The van der Waals surface area contributed by atoms with Gasteiger partial charge in [0.2, 0.25) is 0 Å². The van der Waals surface area contributed by atoms with Crippen molar-refractivity contribution < 1.29 is 34.1 Å². The van der Waals surface area contributed by atoms with E-state index in [1.165, 1.54) is 48.5 Å². The molecule has 1 amide bonds. The van der Waals surface area contributed by atoms with E-state index in [1.807, 2.05) is 0 Å². The molecule has 1 atom stereocenters. The number of aliphatic imine (C=N–C) groups is 1. The minimum absolute atomic E-state index is 0.0231. The molecule has 0 fully saturated rings. The molecule has 0 unspecified atom stereocenters. The van der Waals surface area contributed by atoms with Gasteiger partial charge in [-0.2, -0.15) is 0 Å². The van der Waals surface area contributed by atoms with Crippen LogP contribution in [0.15, 0.2) is 53.5 Å². The molecule has 180 valence electrons. The number of hydrogen-bond donors (Lipinski definition) is 4. The lowest BCUT2D eigenvalue weighted by Crippen LogP contribution is -2.47. The van der Waals surface area contributed by atoms with Crippen molar-refractivity contribution in [1.82, 2.24) is 4.90 Å². The van der Waals surface area contributed by atoms with Crippen molar-refractivity contribution in [1.29, 1.82) is 0 Å². The second kappa shape index (κ2) is 11.5. The van der Waals surface area contributed by atoms with E-state index in [0.717, 1.165) is 4.90 Å². The summed E-state index contributed by atoms with van der Waals surface area (Å²) in [4.78, 5) is 53.3. The first-order valence-corrected chi connectivity index (χ1v) is 10.3. The van der Waals surface area contributed by atoms with Crippen molar-refractivity contribution in [2.24, 2.45) is 22.4 Å².